The zero-order chi connectivity index (χ0) is 24.6. The fraction of sp³-hybridized carbons (Fsp3) is 0.130. The summed E-state index contributed by atoms with van der Waals surface area (Å²) in [5.74, 6) is -0.173. The van der Waals surface area contributed by atoms with Crippen LogP contribution in [0.4, 0.5) is 27.6 Å². The van der Waals surface area contributed by atoms with Gasteiger partial charge in [-0.3, -0.25) is 14.3 Å². The molecule has 0 atom stereocenters. The highest BCUT2D eigenvalue weighted by molar-refractivity contribution is 7.98. The van der Waals surface area contributed by atoms with Gasteiger partial charge in [0.05, 0.1) is 22.3 Å². The average molecular weight is 493 g/mol. The van der Waals surface area contributed by atoms with Gasteiger partial charge in [0.15, 0.2) is 0 Å². The molecule has 0 radical (unpaired) electrons. The van der Waals surface area contributed by atoms with Gasteiger partial charge in [0.25, 0.3) is 5.56 Å². The monoisotopic (exact) mass is 493 g/mol. The number of thioether (sulfide) groups is 1. The van der Waals surface area contributed by atoms with Crippen LogP contribution in [0.15, 0.2) is 70.5 Å². The number of hydrogen-bond donors (Lipinski definition) is 1. The number of fused-ring (bicyclic) bond motifs is 1. The first-order valence-corrected chi connectivity index (χ1v) is 10.9. The van der Waals surface area contributed by atoms with Gasteiger partial charge in [-0.25, -0.2) is 0 Å². The van der Waals surface area contributed by atoms with Gasteiger partial charge in [0, 0.05) is 16.8 Å². The van der Waals surface area contributed by atoms with Crippen molar-refractivity contribution in [2.45, 2.75) is 17.7 Å². The van der Waals surface area contributed by atoms with E-state index < -0.39 is 23.9 Å². The molecular formula is C23H16F5N3O2S. The number of ether oxygens (including phenoxy) is 1. The number of alkyl halides is 5. The highest BCUT2D eigenvalue weighted by atomic mass is 32.2. The molecule has 2 aromatic carbocycles. The molecule has 0 amide bonds. The number of rotatable bonds is 5. The number of halogens is 5. The summed E-state index contributed by atoms with van der Waals surface area (Å²) in [6.07, 6.45) is -2.18. The highest BCUT2D eigenvalue weighted by Crippen LogP contribution is 2.35. The molecule has 2 heterocycles. The molecule has 11 heteroatoms. The molecule has 0 saturated carbocycles. The lowest BCUT2D eigenvalue weighted by Crippen LogP contribution is -2.23. The number of nitrogen functional groups attached to an aromatic ring is 1. The van der Waals surface area contributed by atoms with Gasteiger partial charge in [0.1, 0.15) is 11.3 Å². The lowest BCUT2D eigenvalue weighted by atomic mass is 10.0. The molecule has 4 aromatic rings. The maximum Gasteiger partial charge on any atom is 0.417 e. The standard InChI is InChI=1S/C23H16F5N3O2S/c1-34-16-8-2-12(3-9-16)18-19(29)20-17(10-13(11-30-20)23(26,27)28)31(21(18)32)14-4-6-15(7-5-14)33-22(24)25/h2-11,22H,29H2,1H3. The molecule has 4 rings (SSSR count). The Morgan fingerprint density at radius 2 is 1.71 bits per heavy atom. The number of pyridine rings is 2. The van der Waals surface area contributed by atoms with E-state index in [1.807, 2.05) is 6.26 Å². The average Bonchev–Trinajstić information content (AvgIpc) is 2.79. The number of benzene rings is 2. The molecule has 0 spiro atoms. The van der Waals surface area contributed by atoms with Crippen LogP contribution in [0, 0.1) is 0 Å². The van der Waals surface area contributed by atoms with Crippen LogP contribution < -0.4 is 16.0 Å². The van der Waals surface area contributed by atoms with Crippen LogP contribution in [-0.4, -0.2) is 22.4 Å². The van der Waals surface area contributed by atoms with Gasteiger partial charge < -0.3 is 10.5 Å². The maximum atomic E-state index is 13.6. The third-order valence-corrected chi connectivity index (χ3v) is 5.82. The normalized spacial score (nSPS) is 11.9. The van der Waals surface area contributed by atoms with E-state index in [-0.39, 0.29) is 33.7 Å². The van der Waals surface area contributed by atoms with Crippen molar-refractivity contribution in [1.82, 2.24) is 9.55 Å². The number of hydrogen-bond acceptors (Lipinski definition) is 5. The first kappa shape index (κ1) is 23.6. The Labute approximate surface area is 194 Å². The van der Waals surface area contributed by atoms with E-state index in [2.05, 4.69) is 9.72 Å². The van der Waals surface area contributed by atoms with Crippen molar-refractivity contribution in [1.29, 1.82) is 0 Å². The lowest BCUT2D eigenvalue weighted by Gasteiger charge is -2.17. The van der Waals surface area contributed by atoms with E-state index in [4.69, 9.17) is 5.73 Å². The zero-order valence-corrected chi connectivity index (χ0v) is 18.3. The topological polar surface area (TPSA) is 70.1 Å². The van der Waals surface area contributed by atoms with Gasteiger partial charge in [-0.15, -0.1) is 11.8 Å². The van der Waals surface area contributed by atoms with E-state index >= 15 is 0 Å². The Morgan fingerprint density at radius 1 is 1.06 bits per heavy atom. The molecule has 2 N–H and O–H groups in total. The second-order valence-electron chi connectivity index (χ2n) is 7.12. The second-order valence-corrected chi connectivity index (χ2v) is 8.00. The predicted molar refractivity (Wildman–Crippen MR) is 121 cm³/mol. The minimum Gasteiger partial charge on any atom is -0.435 e. The van der Waals surface area contributed by atoms with Crippen molar-refractivity contribution in [3.05, 3.63) is 76.7 Å². The van der Waals surface area contributed by atoms with Gasteiger partial charge in [-0.05, 0) is 54.3 Å². The van der Waals surface area contributed by atoms with E-state index in [0.29, 0.717) is 11.8 Å². The predicted octanol–water partition coefficient (Wildman–Crippen LogP) is 5.98. The minimum absolute atomic E-state index is 0.00977. The van der Waals surface area contributed by atoms with Crippen molar-refractivity contribution in [2.24, 2.45) is 0 Å². The van der Waals surface area contributed by atoms with Crippen LogP contribution >= 0.6 is 11.8 Å². The third-order valence-electron chi connectivity index (χ3n) is 5.08. The van der Waals surface area contributed by atoms with Crippen molar-refractivity contribution in [3.8, 4) is 22.6 Å². The fourth-order valence-electron chi connectivity index (χ4n) is 3.51. The Kier molecular flexibility index (Phi) is 6.22. The Balaban J connectivity index is 2.03. The van der Waals surface area contributed by atoms with Crippen LogP contribution in [0.1, 0.15) is 5.56 Å². The molecular weight excluding hydrogens is 477 g/mol. The number of nitrogens with zero attached hydrogens (tertiary/aromatic N) is 2. The number of aromatic nitrogens is 2. The number of anilines is 1. The van der Waals surface area contributed by atoms with Crippen LogP contribution in [0.25, 0.3) is 27.8 Å². The van der Waals surface area contributed by atoms with Crippen molar-refractivity contribution in [3.63, 3.8) is 0 Å². The molecule has 2 aromatic heterocycles. The van der Waals surface area contributed by atoms with Gasteiger partial charge in [0.2, 0.25) is 0 Å². The van der Waals surface area contributed by atoms with E-state index in [9.17, 15) is 26.7 Å². The summed E-state index contributed by atoms with van der Waals surface area (Å²) in [4.78, 5) is 18.5. The molecule has 0 unspecified atom stereocenters. The molecule has 0 saturated heterocycles. The summed E-state index contributed by atoms with van der Waals surface area (Å²) < 4.78 is 70.5. The second kappa shape index (κ2) is 8.98. The highest BCUT2D eigenvalue weighted by Gasteiger charge is 2.32. The third kappa shape index (κ3) is 4.43. The summed E-state index contributed by atoms with van der Waals surface area (Å²) >= 11 is 1.49. The van der Waals surface area contributed by atoms with E-state index in [0.717, 1.165) is 15.5 Å². The van der Waals surface area contributed by atoms with Gasteiger partial charge >= 0.3 is 12.8 Å². The molecule has 34 heavy (non-hydrogen) atoms. The van der Waals surface area contributed by atoms with Crippen molar-refractivity contribution < 1.29 is 26.7 Å². The molecule has 0 aliphatic carbocycles. The van der Waals surface area contributed by atoms with Gasteiger partial charge in [-0.1, -0.05) is 12.1 Å². The summed E-state index contributed by atoms with van der Waals surface area (Å²) in [5.41, 5.74) is 4.86. The van der Waals surface area contributed by atoms with Crippen molar-refractivity contribution >= 4 is 28.5 Å². The minimum atomic E-state index is -4.71. The summed E-state index contributed by atoms with van der Waals surface area (Å²) in [7, 11) is 0. The van der Waals surface area contributed by atoms with E-state index in [1.54, 1.807) is 24.3 Å². The fourth-order valence-corrected chi connectivity index (χ4v) is 3.92. The van der Waals surface area contributed by atoms with Crippen molar-refractivity contribution in [2.75, 3.05) is 12.0 Å². The Bertz CT molecular complexity index is 1400. The first-order valence-electron chi connectivity index (χ1n) is 9.71. The molecule has 0 fully saturated rings. The molecule has 0 aliphatic rings. The van der Waals surface area contributed by atoms with Crippen LogP contribution in [-0.2, 0) is 6.18 Å². The SMILES string of the molecule is CSc1ccc(-c2c(N)c3ncc(C(F)(F)F)cc3n(-c3ccc(OC(F)F)cc3)c2=O)cc1. The summed E-state index contributed by atoms with van der Waals surface area (Å²) in [6, 6.07) is 12.6. The Hall–Kier alpha value is -3.60. The van der Waals surface area contributed by atoms with Gasteiger partial charge in [-0.2, -0.15) is 22.0 Å². The number of nitrogens with two attached hydrogens (primary N) is 1. The van der Waals surface area contributed by atoms with E-state index in [1.165, 1.54) is 36.0 Å². The quantitative estimate of drug-likeness (QED) is 0.274. The molecule has 0 bridgehead atoms. The molecule has 5 nitrogen and oxygen atoms in total. The zero-order valence-electron chi connectivity index (χ0n) is 17.4. The van der Waals surface area contributed by atoms with Crippen LogP contribution in [0.2, 0.25) is 0 Å². The first-order chi connectivity index (χ1) is 16.1. The van der Waals surface area contributed by atoms with Crippen LogP contribution in [0.3, 0.4) is 0 Å². The largest absolute Gasteiger partial charge is 0.435 e. The maximum absolute atomic E-state index is 13.6. The Morgan fingerprint density at radius 3 is 2.26 bits per heavy atom. The lowest BCUT2D eigenvalue weighted by molar-refractivity contribution is -0.137. The molecule has 176 valence electrons. The van der Waals surface area contributed by atoms with Crippen LogP contribution in [0.5, 0.6) is 5.75 Å². The summed E-state index contributed by atoms with van der Waals surface area (Å²) in [5, 5.41) is 0. The summed E-state index contributed by atoms with van der Waals surface area (Å²) in [6.45, 7) is -3.06. The molecule has 0 aliphatic heterocycles. The smallest absolute Gasteiger partial charge is 0.417 e.